The van der Waals surface area contributed by atoms with Gasteiger partial charge in [0.05, 0.1) is 18.8 Å². The second-order valence-corrected chi connectivity index (χ2v) is 6.69. The summed E-state index contributed by atoms with van der Waals surface area (Å²) >= 11 is 1.68. The molecule has 0 aliphatic heterocycles. The Bertz CT molecular complexity index is 630. The molecule has 0 radical (unpaired) electrons. The first-order valence-electron chi connectivity index (χ1n) is 7.97. The van der Waals surface area contributed by atoms with Crippen molar-refractivity contribution in [2.24, 2.45) is 4.99 Å². The summed E-state index contributed by atoms with van der Waals surface area (Å²) in [6, 6.07) is 2.03. The van der Waals surface area contributed by atoms with E-state index in [1.54, 1.807) is 18.4 Å². The Morgan fingerprint density at radius 2 is 2.04 bits per heavy atom. The molecule has 0 saturated carbocycles. The lowest BCUT2D eigenvalue weighted by atomic mass is 9.99. The zero-order chi connectivity index (χ0) is 16.7. The van der Waals surface area contributed by atoms with E-state index in [1.165, 1.54) is 4.88 Å². The smallest absolute Gasteiger partial charge is 0.191 e. The van der Waals surface area contributed by atoms with Gasteiger partial charge < -0.3 is 15.2 Å². The van der Waals surface area contributed by atoms with Gasteiger partial charge in [-0.25, -0.2) is 4.98 Å². The Labute approximate surface area is 141 Å². The van der Waals surface area contributed by atoms with Crippen LogP contribution in [0.25, 0.3) is 0 Å². The second-order valence-electron chi connectivity index (χ2n) is 5.38. The van der Waals surface area contributed by atoms with Gasteiger partial charge in [-0.15, -0.1) is 11.3 Å². The van der Waals surface area contributed by atoms with Crippen LogP contribution < -0.4 is 10.6 Å². The minimum Gasteiger partial charge on any atom is -0.359 e. The summed E-state index contributed by atoms with van der Waals surface area (Å²) in [6.45, 7) is 7.62. The predicted molar refractivity (Wildman–Crippen MR) is 93.7 cm³/mol. The largest absolute Gasteiger partial charge is 0.359 e. The van der Waals surface area contributed by atoms with E-state index in [9.17, 15) is 0 Å². The molecule has 6 nitrogen and oxygen atoms in total. The first kappa shape index (κ1) is 17.5. The summed E-state index contributed by atoms with van der Waals surface area (Å²) < 4.78 is 5.40. The Balaban J connectivity index is 1.83. The molecule has 0 amide bonds. The SMILES string of the molecule is CCC(CC)c1cc(CNC(=NC)NCc2ncc(C)s2)on1. The Morgan fingerprint density at radius 3 is 2.65 bits per heavy atom. The van der Waals surface area contributed by atoms with Crippen LogP contribution in [0.2, 0.25) is 0 Å². The maximum absolute atomic E-state index is 5.40. The van der Waals surface area contributed by atoms with E-state index < -0.39 is 0 Å². The number of nitrogens with one attached hydrogen (secondary N) is 2. The quantitative estimate of drug-likeness (QED) is 0.600. The lowest BCUT2D eigenvalue weighted by Gasteiger charge is -2.09. The van der Waals surface area contributed by atoms with Gasteiger partial charge in [-0.3, -0.25) is 4.99 Å². The second kappa shape index (κ2) is 8.67. The molecule has 0 saturated heterocycles. The average molecular weight is 335 g/mol. The molecule has 2 heterocycles. The van der Waals surface area contributed by atoms with Gasteiger partial charge in [0.1, 0.15) is 5.01 Å². The van der Waals surface area contributed by atoms with Crippen LogP contribution in [-0.2, 0) is 13.1 Å². The Kier molecular flexibility index (Phi) is 6.58. The number of aliphatic imine (C=N–C) groups is 1. The van der Waals surface area contributed by atoms with Crippen LogP contribution in [0, 0.1) is 6.92 Å². The fourth-order valence-electron chi connectivity index (χ4n) is 2.35. The van der Waals surface area contributed by atoms with Crippen LogP contribution in [0.1, 0.15) is 53.9 Å². The van der Waals surface area contributed by atoms with Crippen molar-refractivity contribution in [3.63, 3.8) is 0 Å². The highest BCUT2D eigenvalue weighted by molar-refractivity contribution is 7.11. The van der Waals surface area contributed by atoms with Crippen LogP contribution >= 0.6 is 11.3 Å². The van der Waals surface area contributed by atoms with Crippen molar-refractivity contribution >= 4 is 17.3 Å². The van der Waals surface area contributed by atoms with Crippen LogP contribution in [-0.4, -0.2) is 23.1 Å². The highest BCUT2D eigenvalue weighted by Gasteiger charge is 2.13. The standard InChI is InChI=1S/C16H25N5OS/c1-5-12(6-2)14-7-13(22-21-14)9-19-16(17-4)20-10-15-18-8-11(3)23-15/h7-8,12H,5-6,9-10H2,1-4H3,(H2,17,19,20). The van der Waals surface area contributed by atoms with E-state index in [-0.39, 0.29) is 0 Å². The maximum atomic E-state index is 5.40. The van der Waals surface area contributed by atoms with Crippen LogP contribution in [0.3, 0.4) is 0 Å². The van der Waals surface area contributed by atoms with Crippen molar-refractivity contribution in [1.29, 1.82) is 0 Å². The third-order valence-electron chi connectivity index (χ3n) is 3.71. The highest BCUT2D eigenvalue weighted by Crippen LogP contribution is 2.22. The lowest BCUT2D eigenvalue weighted by molar-refractivity contribution is 0.368. The molecule has 2 N–H and O–H groups in total. The molecule has 7 heteroatoms. The minimum absolute atomic E-state index is 0.470. The van der Waals surface area contributed by atoms with E-state index >= 15 is 0 Å². The van der Waals surface area contributed by atoms with E-state index in [1.807, 2.05) is 12.3 Å². The van der Waals surface area contributed by atoms with E-state index in [2.05, 4.69) is 46.5 Å². The molecule has 2 aromatic heterocycles. The topological polar surface area (TPSA) is 75.3 Å². The van der Waals surface area contributed by atoms with Crippen LogP contribution in [0.5, 0.6) is 0 Å². The number of rotatable bonds is 7. The van der Waals surface area contributed by atoms with Gasteiger partial charge in [0.15, 0.2) is 11.7 Å². The number of nitrogens with zero attached hydrogens (tertiary/aromatic N) is 3. The zero-order valence-corrected chi connectivity index (χ0v) is 15.0. The monoisotopic (exact) mass is 335 g/mol. The summed E-state index contributed by atoms with van der Waals surface area (Å²) in [5, 5.41) is 11.7. The number of thiazole rings is 1. The van der Waals surface area contributed by atoms with Crippen molar-refractivity contribution in [3.05, 3.63) is 33.6 Å². The molecular formula is C16H25N5OS. The molecule has 126 valence electrons. The summed E-state index contributed by atoms with van der Waals surface area (Å²) in [4.78, 5) is 9.74. The summed E-state index contributed by atoms with van der Waals surface area (Å²) in [5.74, 6) is 2.01. The van der Waals surface area contributed by atoms with Crippen molar-refractivity contribution in [1.82, 2.24) is 20.8 Å². The normalized spacial score (nSPS) is 12.0. The van der Waals surface area contributed by atoms with Crippen molar-refractivity contribution in [2.75, 3.05) is 7.05 Å². The van der Waals surface area contributed by atoms with E-state index in [0.29, 0.717) is 19.0 Å². The molecule has 0 fully saturated rings. The minimum atomic E-state index is 0.470. The first-order chi connectivity index (χ1) is 11.2. The first-order valence-corrected chi connectivity index (χ1v) is 8.79. The Morgan fingerprint density at radius 1 is 1.30 bits per heavy atom. The molecule has 2 rings (SSSR count). The Hall–Kier alpha value is -1.89. The summed E-state index contributed by atoms with van der Waals surface area (Å²) in [5.41, 5.74) is 1.04. The van der Waals surface area contributed by atoms with Crippen molar-refractivity contribution < 1.29 is 4.52 Å². The predicted octanol–water partition coefficient (Wildman–Crippen LogP) is 3.21. The third kappa shape index (κ3) is 5.06. The summed E-state index contributed by atoms with van der Waals surface area (Å²) in [7, 11) is 1.75. The molecule has 0 aromatic carbocycles. The van der Waals surface area contributed by atoms with Crippen LogP contribution in [0.4, 0.5) is 0 Å². The number of guanidine groups is 1. The van der Waals surface area contributed by atoms with Gasteiger partial charge in [0, 0.05) is 30.1 Å². The van der Waals surface area contributed by atoms with Gasteiger partial charge >= 0.3 is 0 Å². The fourth-order valence-corrected chi connectivity index (χ4v) is 3.07. The van der Waals surface area contributed by atoms with Gasteiger partial charge in [0.2, 0.25) is 0 Å². The van der Waals surface area contributed by atoms with Crippen molar-refractivity contribution in [2.45, 2.75) is 52.6 Å². The number of aromatic nitrogens is 2. The molecule has 0 bridgehead atoms. The van der Waals surface area contributed by atoms with Gasteiger partial charge in [-0.05, 0) is 19.8 Å². The molecule has 23 heavy (non-hydrogen) atoms. The maximum Gasteiger partial charge on any atom is 0.191 e. The van der Waals surface area contributed by atoms with Crippen LogP contribution in [0.15, 0.2) is 21.8 Å². The molecular weight excluding hydrogens is 310 g/mol. The van der Waals surface area contributed by atoms with Gasteiger partial charge in [-0.1, -0.05) is 19.0 Å². The van der Waals surface area contributed by atoms with Gasteiger partial charge in [-0.2, -0.15) is 0 Å². The fraction of sp³-hybridized carbons (Fsp3) is 0.562. The summed E-state index contributed by atoms with van der Waals surface area (Å²) in [6.07, 6.45) is 4.03. The highest BCUT2D eigenvalue weighted by atomic mass is 32.1. The van der Waals surface area contributed by atoms with E-state index in [4.69, 9.17) is 4.52 Å². The lowest BCUT2D eigenvalue weighted by Crippen LogP contribution is -2.36. The van der Waals surface area contributed by atoms with E-state index in [0.717, 1.165) is 35.3 Å². The molecule has 0 aliphatic rings. The van der Waals surface area contributed by atoms with Crippen molar-refractivity contribution in [3.8, 4) is 0 Å². The zero-order valence-electron chi connectivity index (χ0n) is 14.2. The third-order valence-corrected chi connectivity index (χ3v) is 4.62. The van der Waals surface area contributed by atoms with Gasteiger partial charge in [0.25, 0.3) is 0 Å². The molecule has 2 aromatic rings. The molecule has 0 unspecified atom stereocenters. The molecule has 0 atom stereocenters. The number of hydrogen-bond acceptors (Lipinski definition) is 5. The molecule has 0 aliphatic carbocycles. The number of aryl methyl sites for hydroxylation is 1. The number of hydrogen-bond donors (Lipinski definition) is 2. The molecule has 0 spiro atoms. The average Bonchev–Trinajstić information content (AvgIpc) is 3.18.